The Morgan fingerprint density at radius 3 is 2.57 bits per heavy atom. The molecule has 0 radical (unpaired) electrons. The standard InChI is InChI=1S/C16H16FNO3/c17-13-4-2-1-3-12(13)7-8-18-16(21)10-11-5-6-14(19)15(20)9-11/h1-6,9,19-20H,7-8,10H2,(H,18,21). The predicted molar refractivity (Wildman–Crippen MR) is 76.6 cm³/mol. The number of halogens is 1. The van der Waals surface area contributed by atoms with Gasteiger partial charge < -0.3 is 15.5 Å². The van der Waals surface area contributed by atoms with E-state index in [2.05, 4.69) is 5.32 Å². The highest BCUT2D eigenvalue weighted by molar-refractivity contribution is 5.78. The van der Waals surface area contributed by atoms with E-state index in [0.29, 0.717) is 24.1 Å². The summed E-state index contributed by atoms with van der Waals surface area (Å²) >= 11 is 0. The Bertz CT molecular complexity index is 643. The highest BCUT2D eigenvalue weighted by Crippen LogP contribution is 2.24. The molecule has 110 valence electrons. The number of nitrogens with one attached hydrogen (secondary N) is 1. The first kappa shape index (κ1) is 14.8. The molecular formula is C16H16FNO3. The van der Waals surface area contributed by atoms with Gasteiger partial charge in [0, 0.05) is 6.54 Å². The Morgan fingerprint density at radius 2 is 1.86 bits per heavy atom. The van der Waals surface area contributed by atoms with Crippen LogP contribution in [-0.4, -0.2) is 22.7 Å². The topological polar surface area (TPSA) is 69.6 Å². The number of carbonyl (C=O) groups is 1. The molecule has 2 aromatic carbocycles. The number of hydrogen-bond acceptors (Lipinski definition) is 3. The van der Waals surface area contributed by atoms with E-state index >= 15 is 0 Å². The van der Waals surface area contributed by atoms with Crippen LogP contribution < -0.4 is 5.32 Å². The number of amides is 1. The molecule has 0 bridgehead atoms. The van der Waals surface area contributed by atoms with Gasteiger partial charge in [-0.2, -0.15) is 0 Å². The van der Waals surface area contributed by atoms with Crippen molar-refractivity contribution in [3.8, 4) is 11.5 Å². The average Bonchev–Trinajstić information content (AvgIpc) is 2.45. The van der Waals surface area contributed by atoms with Crippen LogP contribution in [-0.2, 0) is 17.6 Å². The Balaban J connectivity index is 1.82. The first-order valence-corrected chi connectivity index (χ1v) is 6.57. The summed E-state index contributed by atoms with van der Waals surface area (Å²) in [6.45, 7) is 0.337. The quantitative estimate of drug-likeness (QED) is 0.739. The van der Waals surface area contributed by atoms with Crippen LogP contribution in [0.1, 0.15) is 11.1 Å². The van der Waals surface area contributed by atoms with Crippen molar-refractivity contribution >= 4 is 5.91 Å². The van der Waals surface area contributed by atoms with Crippen molar-refractivity contribution in [1.82, 2.24) is 5.32 Å². The van der Waals surface area contributed by atoms with E-state index in [9.17, 15) is 19.4 Å². The molecule has 0 aromatic heterocycles. The van der Waals surface area contributed by atoms with Gasteiger partial charge in [-0.25, -0.2) is 4.39 Å². The molecule has 0 fully saturated rings. The second-order valence-corrected chi connectivity index (χ2v) is 4.69. The third-order valence-corrected chi connectivity index (χ3v) is 3.08. The smallest absolute Gasteiger partial charge is 0.224 e. The number of aromatic hydroxyl groups is 2. The Morgan fingerprint density at radius 1 is 1.10 bits per heavy atom. The normalized spacial score (nSPS) is 10.3. The van der Waals surface area contributed by atoms with Gasteiger partial charge >= 0.3 is 0 Å². The summed E-state index contributed by atoms with van der Waals surface area (Å²) in [5.41, 5.74) is 1.15. The summed E-state index contributed by atoms with van der Waals surface area (Å²) in [4.78, 5) is 11.7. The summed E-state index contributed by atoms with van der Waals surface area (Å²) in [6, 6.07) is 10.7. The second kappa shape index (κ2) is 6.74. The minimum Gasteiger partial charge on any atom is -0.504 e. The van der Waals surface area contributed by atoms with Crippen molar-refractivity contribution in [3.63, 3.8) is 0 Å². The third-order valence-electron chi connectivity index (χ3n) is 3.08. The lowest BCUT2D eigenvalue weighted by molar-refractivity contribution is -0.120. The summed E-state index contributed by atoms with van der Waals surface area (Å²) in [7, 11) is 0. The molecule has 2 aromatic rings. The number of phenols is 2. The molecule has 21 heavy (non-hydrogen) atoms. The van der Waals surface area contributed by atoms with Crippen LogP contribution >= 0.6 is 0 Å². The summed E-state index contributed by atoms with van der Waals surface area (Å²) in [5.74, 6) is -0.989. The van der Waals surface area contributed by atoms with Crippen LogP contribution in [0.25, 0.3) is 0 Å². The van der Waals surface area contributed by atoms with Gasteiger partial charge in [0.05, 0.1) is 6.42 Å². The van der Waals surface area contributed by atoms with E-state index in [1.807, 2.05) is 0 Å². The molecule has 1 amide bonds. The minimum atomic E-state index is -0.282. The Hall–Kier alpha value is -2.56. The number of carbonyl (C=O) groups excluding carboxylic acids is 1. The van der Waals surface area contributed by atoms with Crippen molar-refractivity contribution in [2.24, 2.45) is 0 Å². The molecule has 0 spiro atoms. The maximum atomic E-state index is 13.4. The molecule has 0 atom stereocenters. The number of hydrogen-bond donors (Lipinski definition) is 3. The molecule has 0 unspecified atom stereocenters. The van der Waals surface area contributed by atoms with Crippen molar-refractivity contribution in [3.05, 3.63) is 59.4 Å². The fourth-order valence-corrected chi connectivity index (χ4v) is 1.96. The first-order chi connectivity index (χ1) is 10.1. The second-order valence-electron chi connectivity index (χ2n) is 4.69. The SMILES string of the molecule is O=C(Cc1ccc(O)c(O)c1)NCCc1ccccc1F. The van der Waals surface area contributed by atoms with Crippen molar-refractivity contribution in [2.75, 3.05) is 6.54 Å². The zero-order chi connectivity index (χ0) is 15.2. The Kier molecular flexibility index (Phi) is 4.77. The van der Waals surface area contributed by atoms with Gasteiger partial charge in [-0.3, -0.25) is 4.79 Å². The number of benzene rings is 2. The minimum absolute atomic E-state index is 0.0884. The van der Waals surface area contributed by atoms with Crippen LogP contribution in [0.4, 0.5) is 4.39 Å². The number of phenolic OH excluding ortho intramolecular Hbond substituents is 2. The lowest BCUT2D eigenvalue weighted by Gasteiger charge is -2.07. The molecule has 0 aliphatic heterocycles. The molecule has 5 heteroatoms. The average molecular weight is 289 g/mol. The number of rotatable bonds is 5. The third kappa shape index (κ3) is 4.21. The highest BCUT2D eigenvalue weighted by atomic mass is 19.1. The highest BCUT2D eigenvalue weighted by Gasteiger charge is 2.07. The van der Waals surface area contributed by atoms with E-state index in [0.717, 1.165) is 0 Å². The van der Waals surface area contributed by atoms with Crippen molar-refractivity contribution in [1.29, 1.82) is 0 Å². The van der Waals surface area contributed by atoms with Gasteiger partial charge in [0.15, 0.2) is 11.5 Å². The monoisotopic (exact) mass is 289 g/mol. The van der Waals surface area contributed by atoms with Crippen LogP contribution in [0, 0.1) is 5.82 Å². The summed E-state index contributed by atoms with van der Waals surface area (Å²) in [5, 5.41) is 21.2. The van der Waals surface area contributed by atoms with Crippen LogP contribution in [0.5, 0.6) is 11.5 Å². The summed E-state index contributed by atoms with van der Waals surface area (Å²) in [6.07, 6.45) is 0.504. The van der Waals surface area contributed by atoms with Gasteiger partial charge in [-0.1, -0.05) is 24.3 Å². The van der Waals surface area contributed by atoms with Gasteiger partial charge in [0.2, 0.25) is 5.91 Å². The first-order valence-electron chi connectivity index (χ1n) is 6.57. The molecular weight excluding hydrogens is 273 g/mol. The molecule has 0 heterocycles. The van der Waals surface area contributed by atoms with E-state index in [-0.39, 0.29) is 29.6 Å². The van der Waals surface area contributed by atoms with Gasteiger partial charge in [-0.15, -0.1) is 0 Å². The lowest BCUT2D eigenvalue weighted by Crippen LogP contribution is -2.27. The fourth-order valence-electron chi connectivity index (χ4n) is 1.96. The maximum absolute atomic E-state index is 13.4. The Labute approximate surface area is 121 Å². The van der Waals surface area contributed by atoms with E-state index in [1.54, 1.807) is 24.3 Å². The molecule has 0 saturated carbocycles. The van der Waals surface area contributed by atoms with Crippen molar-refractivity contribution in [2.45, 2.75) is 12.8 Å². The molecule has 3 N–H and O–H groups in total. The largest absolute Gasteiger partial charge is 0.504 e. The van der Waals surface area contributed by atoms with Gasteiger partial charge in [0.25, 0.3) is 0 Å². The van der Waals surface area contributed by atoms with Gasteiger partial charge in [0.1, 0.15) is 5.82 Å². The molecule has 4 nitrogen and oxygen atoms in total. The van der Waals surface area contributed by atoms with Crippen LogP contribution in [0.2, 0.25) is 0 Å². The van der Waals surface area contributed by atoms with Crippen LogP contribution in [0.3, 0.4) is 0 Å². The molecule has 0 aliphatic carbocycles. The predicted octanol–water partition coefficient (Wildman–Crippen LogP) is 2.14. The zero-order valence-electron chi connectivity index (χ0n) is 11.3. The van der Waals surface area contributed by atoms with Crippen LogP contribution in [0.15, 0.2) is 42.5 Å². The van der Waals surface area contributed by atoms with E-state index in [1.165, 1.54) is 18.2 Å². The van der Waals surface area contributed by atoms with Gasteiger partial charge in [-0.05, 0) is 35.7 Å². The molecule has 0 saturated heterocycles. The maximum Gasteiger partial charge on any atom is 0.224 e. The summed E-state index contributed by atoms with van der Waals surface area (Å²) < 4.78 is 13.4. The molecule has 0 aliphatic rings. The van der Waals surface area contributed by atoms with E-state index in [4.69, 9.17) is 0 Å². The lowest BCUT2D eigenvalue weighted by atomic mass is 10.1. The van der Waals surface area contributed by atoms with Crippen molar-refractivity contribution < 1.29 is 19.4 Å². The zero-order valence-corrected chi connectivity index (χ0v) is 11.3. The van der Waals surface area contributed by atoms with E-state index < -0.39 is 0 Å². The fraction of sp³-hybridized carbons (Fsp3) is 0.188. The molecule has 2 rings (SSSR count).